The molecule has 1 unspecified atom stereocenters. The van der Waals surface area contributed by atoms with Gasteiger partial charge in [-0.05, 0) is 19.3 Å². The summed E-state index contributed by atoms with van der Waals surface area (Å²) in [7, 11) is 0. The molecule has 118 valence electrons. The largest absolute Gasteiger partial charge is 0.380 e. The second kappa shape index (κ2) is 8.29. The molecule has 1 saturated heterocycles. The average molecular weight is 294 g/mol. The molecule has 2 amide bonds. The minimum absolute atomic E-state index is 0.0167. The van der Waals surface area contributed by atoms with Crippen molar-refractivity contribution >= 4 is 11.8 Å². The van der Waals surface area contributed by atoms with E-state index >= 15 is 0 Å². The van der Waals surface area contributed by atoms with Crippen molar-refractivity contribution in [3.8, 4) is 0 Å². The van der Waals surface area contributed by atoms with Crippen molar-refractivity contribution in [3.05, 3.63) is 12.7 Å². The van der Waals surface area contributed by atoms with Crippen molar-refractivity contribution in [1.29, 1.82) is 0 Å². The summed E-state index contributed by atoms with van der Waals surface area (Å²) in [6.45, 7) is 5.43. The zero-order chi connectivity index (χ0) is 15.1. The lowest BCUT2D eigenvalue weighted by Crippen LogP contribution is -2.45. The third-order valence-electron chi connectivity index (χ3n) is 4.23. The Balaban J connectivity index is 1.74. The van der Waals surface area contributed by atoms with Crippen molar-refractivity contribution < 1.29 is 14.3 Å². The number of hydrogen-bond acceptors (Lipinski definition) is 4. The number of ether oxygens (including phenoxy) is 1. The first-order valence-corrected chi connectivity index (χ1v) is 8.02. The first-order valence-electron chi connectivity index (χ1n) is 8.02. The summed E-state index contributed by atoms with van der Waals surface area (Å²) >= 11 is 0. The monoisotopic (exact) mass is 294 g/mol. The van der Waals surface area contributed by atoms with Gasteiger partial charge in [-0.2, -0.15) is 0 Å². The molecule has 2 fully saturated rings. The van der Waals surface area contributed by atoms with Gasteiger partial charge in [-0.25, -0.2) is 0 Å². The zero-order valence-electron chi connectivity index (χ0n) is 12.7. The van der Waals surface area contributed by atoms with Gasteiger partial charge < -0.3 is 10.1 Å². The third-order valence-corrected chi connectivity index (χ3v) is 4.23. The molecule has 21 heavy (non-hydrogen) atoms. The van der Waals surface area contributed by atoms with Crippen LogP contribution in [0.5, 0.6) is 0 Å². The number of carbonyl (C=O) groups is 2. The van der Waals surface area contributed by atoms with Gasteiger partial charge in [0.15, 0.2) is 0 Å². The van der Waals surface area contributed by atoms with Crippen LogP contribution in [0.4, 0.5) is 0 Å². The van der Waals surface area contributed by atoms with E-state index in [0.29, 0.717) is 26.2 Å². The van der Waals surface area contributed by atoms with E-state index in [1.165, 1.54) is 11.3 Å². The highest BCUT2D eigenvalue weighted by Gasteiger charge is 2.42. The molecule has 0 aromatic carbocycles. The first-order chi connectivity index (χ1) is 10.2. The van der Waals surface area contributed by atoms with Crippen molar-refractivity contribution in [2.45, 2.75) is 57.0 Å². The molecule has 2 rings (SSSR count). The number of amides is 2. The molecule has 1 saturated carbocycles. The van der Waals surface area contributed by atoms with Crippen LogP contribution >= 0.6 is 0 Å². The Morgan fingerprint density at radius 3 is 2.71 bits per heavy atom. The topological polar surface area (TPSA) is 58.6 Å². The van der Waals surface area contributed by atoms with Crippen LogP contribution in [0.25, 0.3) is 0 Å². The Morgan fingerprint density at radius 1 is 1.24 bits per heavy atom. The van der Waals surface area contributed by atoms with Gasteiger partial charge in [0, 0.05) is 12.6 Å². The highest BCUT2D eigenvalue weighted by Crippen LogP contribution is 2.27. The van der Waals surface area contributed by atoms with Gasteiger partial charge in [0.25, 0.3) is 0 Å². The molecule has 1 aliphatic heterocycles. The molecule has 1 N–H and O–H groups in total. The maximum absolute atomic E-state index is 12.4. The van der Waals surface area contributed by atoms with Crippen LogP contribution in [-0.4, -0.2) is 48.6 Å². The Kier molecular flexibility index (Phi) is 6.39. The molecular weight excluding hydrogens is 268 g/mol. The van der Waals surface area contributed by atoms with Gasteiger partial charge in [-0.1, -0.05) is 25.3 Å². The minimum atomic E-state index is -0.359. The van der Waals surface area contributed by atoms with Crippen molar-refractivity contribution in [2.24, 2.45) is 0 Å². The van der Waals surface area contributed by atoms with Crippen LogP contribution in [-0.2, 0) is 14.3 Å². The Bertz CT molecular complexity index is 378. The Morgan fingerprint density at radius 2 is 2.00 bits per heavy atom. The van der Waals surface area contributed by atoms with Crippen molar-refractivity contribution in [1.82, 2.24) is 10.2 Å². The number of hydrogen-bond donors (Lipinski definition) is 1. The maximum Gasteiger partial charge on any atom is 0.247 e. The summed E-state index contributed by atoms with van der Waals surface area (Å²) in [4.78, 5) is 26.0. The lowest BCUT2D eigenvalue weighted by Gasteiger charge is -2.29. The highest BCUT2D eigenvalue weighted by molar-refractivity contribution is 6.05. The fraction of sp³-hybridized carbons (Fsp3) is 0.750. The first kappa shape index (κ1) is 16.2. The predicted octanol–water partition coefficient (Wildman–Crippen LogP) is 1.63. The molecule has 0 aromatic heterocycles. The van der Waals surface area contributed by atoms with Gasteiger partial charge in [-0.15, -0.1) is 6.58 Å². The molecule has 0 radical (unpaired) electrons. The van der Waals surface area contributed by atoms with E-state index in [9.17, 15) is 9.59 Å². The number of nitrogens with one attached hydrogen (secondary N) is 1. The summed E-state index contributed by atoms with van der Waals surface area (Å²) < 4.78 is 5.40. The number of nitrogens with zero attached hydrogens (tertiary/aromatic N) is 1. The maximum atomic E-state index is 12.4. The second-order valence-corrected chi connectivity index (χ2v) is 5.79. The standard InChI is InChI=1S/C16H26N2O3/c1-2-3-10-21-11-9-17-14-12-15(19)18(16(14)20)13-7-5-4-6-8-13/h2,13-14,17H,1,3-12H2. The van der Waals surface area contributed by atoms with Crippen LogP contribution < -0.4 is 5.32 Å². The van der Waals surface area contributed by atoms with Gasteiger partial charge in [-0.3, -0.25) is 14.5 Å². The predicted molar refractivity (Wildman–Crippen MR) is 80.8 cm³/mol. The molecule has 0 aromatic rings. The zero-order valence-corrected chi connectivity index (χ0v) is 12.7. The Labute approximate surface area is 126 Å². The quantitative estimate of drug-likeness (QED) is 0.420. The minimum Gasteiger partial charge on any atom is -0.380 e. The molecule has 5 nitrogen and oxygen atoms in total. The molecule has 5 heteroatoms. The number of rotatable bonds is 8. The second-order valence-electron chi connectivity index (χ2n) is 5.79. The third kappa shape index (κ3) is 4.38. The molecule has 0 bridgehead atoms. The van der Waals surface area contributed by atoms with E-state index < -0.39 is 0 Å². The van der Waals surface area contributed by atoms with Crippen LogP contribution in [0.2, 0.25) is 0 Å². The summed E-state index contributed by atoms with van der Waals surface area (Å²) in [6.07, 6.45) is 8.33. The molecule has 0 spiro atoms. The van der Waals surface area contributed by atoms with Crippen LogP contribution in [0, 0.1) is 0 Å². The SMILES string of the molecule is C=CCCOCCNC1CC(=O)N(C2CCCCC2)C1=O. The van der Waals surface area contributed by atoms with E-state index in [-0.39, 0.29) is 23.9 Å². The van der Waals surface area contributed by atoms with Gasteiger partial charge in [0.2, 0.25) is 11.8 Å². The smallest absolute Gasteiger partial charge is 0.247 e. The molecule has 1 aliphatic carbocycles. The number of carbonyl (C=O) groups excluding carboxylic acids is 2. The van der Waals surface area contributed by atoms with Crippen molar-refractivity contribution in [3.63, 3.8) is 0 Å². The van der Waals surface area contributed by atoms with Crippen molar-refractivity contribution in [2.75, 3.05) is 19.8 Å². The van der Waals surface area contributed by atoms with E-state index in [1.54, 1.807) is 0 Å². The van der Waals surface area contributed by atoms with E-state index in [4.69, 9.17) is 4.74 Å². The van der Waals surface area contributed by atoms with E-state index in [2.05, 4.69) is 11.9 Å². The van der Waals surface area contributed by atoms with Gasteiger partial charge in [0.1, 0.15) is 0 Å². The van der Waals surface area contributed by atoms with E-state index in [1.807, 2.05) is 6.08 Å². The average Bonchev–Trinajstić information content (AvgIpc) is 2.78. The van der Waals surface area contributed by atoms with Crippen LogP contribution in [0.3, 0.4) is 0 Å². The van der Waals surface area contributed by atoms with Gasteiger partial charge in [0.05, 0.1) is 25.7 Å². The summed E-state index contributed by atoms with van der Waals surface area (Å²) in [6, 6.07) is -0.225. The van der Waals surface area contributed by atoms with Gasteiger partial charge >= 0.3 is 0 Å². The summed E-state index contributed by atoms with van der Waals surface area (Å²) in [5.74, 6) is -0.0602. The summed E-state index contributed by atoms with van der Waals surface area (Å²) in [5.41, 5.74) is 0. The molecule has 1 atom stereocenters. The lowest BCUT2D eigenvalue weighted by molar-refractivity contribution is -0.142. The van der Waals surface area contributed by atoms with Crippen LogP contribution in [0.15, 0.2) is 12.7 Å². The van der Waals surface area contributed by atoms with Crippen LogP contribution in [0.1, 0.15) is 44.9 Å². The lowest BCUT2D eigenvalue weighted by atomic mass is 9.94. The summed E-state index contributed by atoms with van der Waals surface area (Å²) in [5, 5.41) is 3.14. The number of likely N-dealkylation sites (tertiary alicyclic amines) is 1. The fourth-order valence-corrected chi connectivity index (χ4v) is 3.11. The molecule has 2 aliphatic rings. The highest BCUT2D eigenvalue weighted by atomic mass is 16.5. The molecular formula is C16H26N2O3. The van der Waals surface area contributed by atoms with E-state index in [0.717, 1.165) is 32.1 Å². The fourth-order valence-electron chi connectivity index (χ4n) is 3.11. The molecule has 1 heterocycles. The normalized spacial score (nSPS) is 23.8. The Hall–Kier alpha value is -1.20. The number of imide groups is 1.